The Morgan fingerprint density at radius 3 is 2.78 bits per heavy atom. The van der Waals surface area contributed by atoms with Crippen molar-refractivity contribution in [1.82, 2.24) is 19.5 Å². The van der Waals surface area contributed by atoms with E-state index in [0.29, 0.717) is 0 Å². The van der Waals surface area contributed by atoms with Gasteiger partial charge in [0.2, 0.25) is 0 Å². The lowest BCUT2D eigenvalue weighted by Gasteiger charge is -2.13. The number of aryl methyl sites for hydroxylation is 1. The average Bonchev–Trinajstić information content (AvgIpc) is 2.86. The maximum absolute atomic E-state index is 4.42. The van der Waals surface area contributed by atoms with Gasteiger partial charge in [0.05, 0.1) is 6.33 Å². The number of nitrogens with zero attached hydrogens (tertiary/aromatic N) is 4. The summed E-state index contributed by atoms with van der Waals surface area (Å²) in [7, 11) is 0. The van der Waals surface area contributed by atoms with Crippen LogP contribution in [0.25, 0.3) is 11.5 Å². The van der Waals surface area contributed by atoms with E-state index in [1.54, 1.807) is 6.33 Å². The SMILES string of the molecule is CCCCCCn1cnc(NCC)c2ncnc1-2. The molecule has 0 aromatic carbocycles. The van der Waals surface area contributed by atoms with Crippen molar-refractivity contribution in [2.24, 2.45) is 0 Å². The van der Waals surface area contributed by atoms with Crippen molar-refractivity contribution in [3.63, 3.8) is 0 Å². The Morgan fingerprint density at radius 2 is 2.00 bits per heavy atom. The zero-order valence-electron chi connectivity index (χ0n) is 11.2. The van der Waals surface area contributed by atoms with Crippen molar-refractivity contribution in [2.45, 2.75) is 46.1 Å². The third kappa shape index (κ3) is 2.78. The molecule has 98 valence electrons. The lowest BCUT2D eigenvalue weighted by Crippen LogP contribution is -2.10. The van der Waals surface area contributed by atoms with Gasteiger partial charge in [-0.1, -0.05) is 26.2 Å². The van der Waals surface area contributed by atoms with Crippen LogP contribution in [0.3, 0.4) is 0 Å². The molecule has 2 aliphatic rings. The molecule has 0 saturated heterocycles. The second kappa shape index (κ2) is 6.33. The molecule has 0 aromatic heterocycles. The normalized spacial score (nSPS) is 11.0. The number of unbranched alkanes of at least 4 members (excludes halogenated alkanes) is 3. The molecule has 0 spiro atoms. The van der Waals surface area contributed by atoms with Gasteiger partial charge >= 0.3 is 0 Å². The molecule has 0 unspecified atom stereocenters. The molecule has 0 amide bonds. The van der Waals surface area contributed by atoms with E-state index in [2.05, 4.69) is 38.7 Å². The molecule has 1 N–H and O–H groups in total. The first-order valence-electron chi connectivity index (χ1n) is 6.76. The molecule has 5 heteroatoms. The Balaban J connectivity index is 2.10. The molecule has 0 bridgehead atoms. The van der Waals surface area contributed by atoms with Crippen LogP contribution >= 0.6 is 0 Å². The Labute approximate surface area is 108 Å². The highest BCUT2D eigenvalue weighted by molar-refractivity contribution is 5.66. The minimum atomic E-state index is 0.829. The molecule has 0 aliphatic carbocycles. The predicted molar refractivity (Wildman–Crippen MR) is 72.7 cm³/mol. The Morgan fingerprint density at radius 1 is 1.11 bits per heavy atom. The second-order valence-corrected chi connectivity index (χ2v) is 4.42. The van der Waals surface area contributed by atoms with Crippen molar-refractivity contribution in [3.05, 3.63) is 12.7 Å². The van der Waals surface area contributed by atoms with Gasteiger partial charge in [0.25, 0.3) is 0 Å². The lowest BCUT2D eigenvalue weighted by molar-refractivity contribution is 0.575. The van der Waals surface area contributed by atoms with Gasteiger partial charge in [-0.25, -0.2) is 15.0 Å². The molecule has 0 saturated carbocycles. The lowest BCUT2D eigenvalue weighted by atomic mass is 10.2. The fraction of sp³-hybridized carbons (Fsp3) is 0.615. The number of aromatic nitrogens is 4. The van der Waals surface area contributed by atoms with E-state index in [1.807, 2.05) is 6.33 Å². The fourth-order valence-corrected chi connectivity index (χ4v) is 2.05. The quantitative estimate of drug-likeness (QED) is 0.764. The summed E-state index contributed by atoms with van der Waals surface area (Å²) in [5.74, 6) is 1.76. The minimum Gasteiger partial charge on any atom is -0.368 e. The molecule has 0 fully saturated rings. The zero-order valence-corrected chi connectivity index (χ0v) is 11.2. The summed E-state index contributed by atoms with van der Waals surface area (Å²) in [6.45, 7) is 6.08. The molecule has 0 aromatic rings. The molecule has 0 radical (unpaired) electrons. The third-order valence-electron chi connectivity index (χ3n) is 3.00. The van der Waals surface area contributed by atoms with E-state index >= 15 is 0 Å². The van der Waals surface area contributed by atoms with Gasteiger partial charge in [-0.2, -0.15) is 0 Å². The Bertz CT molecular complexity index is 451. The van der Waals surface area contributed by atoms with Crippen molar-refractivity contribution >= 4 is 5.82 Å². The number of imidazole rings is 1. The molecular formula is C13H21N5. The summed E-state index contributed by atoms with van der Waals surface area (Å²) >= 11 is 0. The van der Waals surface area contributed by atoms with E-state index in [4.69, 9.17) is 0 Å². The van der Waals surface area contributed by atoms with Crippen LogP contribution in [0.2, 0.25) is 0 Å². The molecule has 2 heterocycles. The van der Waals surface area contributed by atoms with Crippen LogP contribution < -0.4 is 5.32 Å². The van der Waals surface area contributed by atoms with Crippen LogP contribution in [0, 0.1) is 0 Å². The number of fused-ring (bicyclic) bond motifs is 1. The molecule has 18 heavy (non-hydrogen) atoms. The number of rotatable bonds is 7. The van der Waals surface area contributed by atoms with E-state index < -0.39 is 0 Å². The van der Waals surface area contributed by atoms with E-state index in [-0.39, 0.29) is 0 Å². The molecule has 2 aliphatic heterocycles. The van der Waals surface area contributed by atoms with Crippen LogP contribution in [-0.2, 0) is 6.54 Å². The van der Waals surface area contributed by atoms with Gasteiger partial charge in [-0.15, -0.1) is 0 Å². The van der Waals surface area contributed by atoms with Gasteiger partial charge < -0.3 is 9.88 Å². The van der Waals surface area contributed by atoms with Crippen molar-refractivity contribution in [3.8, 4) is 11.5 Å². The number of hydrogen-bond acceptors (Lipinski definition) is 4. The van der Waals surface area contributed by atoms with Gasteiger partial charge in [-0.3, -0.25) is 0 Å². The molecule has 5 nitrogen and oxygen atoms in total. The largest absolute Gasteiger partial charge is 0.368 e. The van der Waals surface area contributed by atoms with Crippen LogP contribution in [0.4, 0.5) is 5.82 Å². The van der Waals surface area contributed by atoms with Crippen molar-refractivity contribution < 1.29 is 0 Å². The van der Waals surface area contributed by atoms with Crippen molar-refractivity contribution in [2.75, 3.05) is 11.9 Å². The fourth-order valence-electron chi connectivity index (χ4n) is 2.05. The monoisotopic (exact) mass is 247 g/mol. The third-order valence-corrected chi connectivity index (χ3v) is 3.00. The van der Waals surface area contributed by atoms with Gasteiger partial charge in [0.15, 0.2) is 11.6 Å². The van der Waals surface area contributed by atoms with Crippen LogP contribution in [0.15, 0.2) is 12.7 Å². The number of anilines is 1. The Kier molecular flexibility index (Phi) is 4.50. The topological polar surface area (TPSA) is 55.6 Å². The van der Waals surface area contributed by atoms with Crippen molar-refractivity contribution in [1.29, 1.82) is 0 Å². The first kappa shape index (κ1) is 12.8. The molecule has 0 atom stereocenters. The number of hydrogen-bond donors (Lipinski definition) is 1. The minimum absolute atomic E-state index is 0.829. The summed E-state index contributed by atoms with van der Waals surface area (Å²) < 4.78 is 2.10. The molecule has 2 rings (SSSR count). The smallest absolute Gasteiger partial charge is 0.165 e. The summed E-state index contributed by atoms with van der Waals surface area (Å²) in [6, 6.07) is 0. The summed E-state index contributed by atoms with van der Waals surface area (Å²) in [5.41, 5.74) is 0.870. The highest BCUT2D eigenvalue weighted by atomic mass is 15.2. The van der Waals surface area contributed by atoms with E-state index in [1.165, 1.54) is 25.7 Å². The summed E-state index contributed by atoms with van der Waals surface area (Å²) in [4.78, 5) is 13.0. The maximum atomic E-state index is 4.42. The average molecular weight is 247 g/mol. The standard InChI is InChI=1S/C13H21N5/c1-3-5-6-7-8-18-10-17-12(14-4-2)11-13(18)16-9-15-11/h9-10,14H,3-8H2,1-2H3. The van der Waals surface area contributed by atoms with Crippen LogP contribution in [0.5, 0.6) is 0 Å². The Hall–Kier alpha value is -1.65. The van der Waals surface area contributed by atoms with Crippen LogP contribution in [0.1, 0.15) is 39.5 Å². The summed E-state index contributed by atoms with van der Waals surface area (Å²) in [5, 5.41) is 3.21. The van der Waals surface area contributed by atoms with E-state index in [9.17, 15) is 0 Å². The summed E-state index contributed by atoms with van der Waals surface area (Å²) in [6.07, 6.45) is 8.45. The number of nitrogens with one attached hydrogen (secondary N) is 1. The van der Waals surface area contributed by atoms with Gasteiger partial charge in [0, 0.05) is 13.1 Å². The van der Waals surface area contributed by atoms with E-state index in [0.717, 1.165) is 30.4 Å². The maximum Gasteiger partial charge on any atom is 0.165 e. The van der Waals surface area contributed by atoms with Gasteiger partial charge in [-0.05, 0) is 13.3 Å². The highest BCUT2D eigenvalue weighted by Gasteiger charge is 2.15. The first-order chi connectivity index (χ1) is 8.86. The highest BCUT2D eigenvalue weighted by Crippen LogP contribution is 2.24. The zero-order chi connectivity index (χ0) is 12.8. The predicted octanol–water partition coefficient (Wildman–Crippen LogP) is 2.79. The first-order valence-corrected chi connectivity index (χ1v) is 6.76. The second-order valence-electron chi connectivity index (χ2n) is 4.42. The van der Waals surface area contributed by atoms with Gasteiger partial charge in [0.1, 0.15) is 12.0 Å². The van der Waals surface area contributed by atoms with Crippen LogP contribution in [-0.4, -0.2) is 26.1 Å². The molecular weight excluding hydrogens is 226 g/mol.